The molecule has 0 saturated carbocycles. The van der Waals surface area contributed by atoms with Gasteiger partial charge in [-0.25, -0.2) is 0 Å². The van der Waals surface area contributed by atoms with Gasteiger partial charge < -0.3 is 9.38 Å². The number of hydrogen-bond donors (Lipinski definition) is 0. The number of aryl methyl sites for hydroxylation is 1. The van der Waals surface area contributed by atoms with Crippen LogP contribution >= 0.6 is 0 Å². The molecule has 1 unspecified atom stereocenters. The van der Waals surface area contributed by atoms with E-state index in [1.54, 1.807) is 11.1 Å². The van der Waals surface area contributed by atoms with Crippen molar-refractivity contribution in [3.63, 3.8) is 0 Å². The molecule has 29 heavy (non-hydrogen) atoms. The molecule has 0 bridgehead atoms. The van der Waals surface area contributed by atoms with Gasteiger partial charge in [-0.1, -0.05) is 43.3 Å². The largest absolute Gasteiger partial charge is 0.368 e. The van der Waals surface area contributed by atoms with Crippen LogP contribution in [0.25, 0.3) is 0 Å². The highest BCUT2D eigenvalue weighted by Gasteiger charge is 2.33. The summed E-state index contributed by atoms with van der Waals surface area (Å²) in [5, 5.41) is 0. The van der Waals surface area contributed by atoms with E-state index in [9.17, 15) is 0 Å². The normalized spacial score (nSPS) is 15.3. The van der Waals surface area contributed by atoms with Crippen molar-refractivity contribution in [1.29, 1.82) is 0 Å². The summed E-state index contributed by atoms with van der Waals surface area (Å²) in [5.41, 5.74) is 5.85. The molecule has 0 aromatic heterocycles. The predicted octanol–water partition coefficient (Wildman–Crippen LogP) is 6.01. The summed E-state index contributed by atoms with van der Waals surface area (Å²) in [5.74, 6) is 0. The Morgan fingerprint density at radius 1 is 0.897 bits per heavy atom. The highest BCUT2D eigenvalue weighted by molar-refractivity contribution is 5.51. The minimum Gasteiger partial charge on any atom is -0.368 e. The summed E-state index contributed by atoms with van der Waals surface area (Å²) < 4.78 is 1.25. The number of quaternary nitrogens is 1. The second kappa shape index (κ2) is 9.80. The van der Waals surface area contributed by atoms with E-state index in [1.165, 1.54) is 61.1 Å². The zero-order valence-corrected chi connectivity index (χ0v) is 19.3. The molecule has 2 heteroatoms. The van der Waals surface area contributed by atoms with Crippen molar-refractivity contribution in [3.05, 3.63) is 65.2 Å². The quantitative estimate of drug-likeness (QED) is 0.447. The second-order valence-electron chi connectivity index (χ2n) is 8.88. The lowest BCUT2D eigenvalue weighted by Crippen LogP contribution is -2.56. The summed E-state index contributed by atoms with van der Waals surface area (Å²) in [6.07, 6.45) is 4.89. The van der Waals surface area contributed by atoms with Crippen LogP contribution in [0.15, 0.2) is 48.5 Å². The number of anilines is 1. The van der Waals surface area contributed by atoms with E-state index in [1.807, 2.05) is 0 Å². The van der Waals surface area contributed by atoms with Crippen LogP contribution in [-0.2, 0) is 12.8 Å². The van der Waals surface area contributed by atoms with Crippen molar-refractivity contribution < 1.29 is 4.48 Å². The molecule has 2 aromatic carbocycles. The summed E-state index contributed by atoms with van der Waals surface area (Å²) in [4.78, 5) is 2.73. The molecule has 1 aliphatic rings. The van der Waals surface area contributed by atoms with Gasteiger partial charge in [0.2, 0.25) is 0 Å². The lowest BCUT2D eigenvalue weighted by Gasteiger charge is -2.44. The number of rotatable bonds is 10. The van der Waals surface area contributed by atoms with Gasteiger partial charge in [-0.15, -0.1) is 0 Å². The van der Waals surface area contributed by atoms with Crippen LogP contribution in [0.2, 0.25) is 0 Å². The zero-order valence-electron chi connectivity index (χ0n) is 19.3. The summed E-state index contributed by atoms with van der Waals surface area (Å²) in [6.45, 7) is 16.6. The highest BCUT2D eigenvalue weighted by atomic mass is 15.4. The Balaban J connectivity index is 1.83. The van der Waals surface area contributed by atoms with Gasteiger partial charge >= 0.3 is 0 Å². The van der Waals surface area contributed by atoms with Crippen LogP contribution < -0.4 is 4.90 Å². The maximum atomic E-state index is 2.73. The standard InChI is InChI=1S/C27H41N2/c1-6-27(29(7-2,8-3)9-4)17-18-28(25-16-12-13-22(5)19-25)26-20-23-14-10-11-15-24(23)21-26/h10-16,19,26-27H,6-9,17-18,20-21H2,1-5H3/q+1. The van der Waals surface area contributed by atoms with E-state index in [-0.39, 0.29) is 0 Å². The third-order valence-electron chi connectivity index (χ3n) is 7.64. The SMILES string of the molecule is CCC(CCN(c1cccc(C)c1)C1Cc2ccccc2C1)[N+](CC)(CC)CC. The lowest BCUT2D eigenvalue weighted by molar-refractivity contribution is -0.947. The van der Waals surface area contributed by atoms with Crippen LogP contribution in [0.4, 0.5) is 5.69 Å². The van der Waals surface area contributed by atoms with E-state index in [0.717, 1.165) is 12.6 Å². The summed E-state index contributed by atoms with van der Waals surface area (Å²) in [6, 6.07) is 19.5. The first kappa shape index (κ1) is 21.9. The molecular formula is C27H41N2+. The van der Waals surface area contributed by atoms with Crippen molar-refractivity contribution in [2.45, 2.75) is 72.4 Å². The molecule has 2 nitrogen and oxygen atoms in total. The average molecular weight is 394 g/mol. The second-order valence-corrected chi connectivity index (χ2v) is 8.88. The average Bonchev–Trinajstić information content (AvgIpc) is 3.17. The molecule has 0 N–H and O–H groups in total. The maximum absolute atomic E-state index is 2.73. The predicted molar refractivity (Wildman–Crippen MR) is 127 cm³/mol. The number of benzene rings is 2. The summed E-state index contributed by atoms with van der Waals surface area (Å²) in [7, 11) is 0. The van der Waals surface area contributed by atoms with Crippen LogP contribution in [0, 0.1) is 6.92 Å². The van der Waals surface area contributed by atoms with Gasteiger partial charge in [0.05, 0.1) is 25.7 Å². The first-order valence-corrected chi connectivity index (χ1v) is 11.8. The van der Waals surface area contributed by atoms with Gasteiger partial charge in [-0.2, -0.15) is 0 Å². The molecule has 158 valence electrons. The molecular weight excluding hydrogens is 352 g/mol. The van der Waals surface area contributed by atoms with Crippen molar-refractivity contribution in [2.75, 3.05) is 31.1 Å². The molecule has 2 aromatic rings. The fourth-order valence-corrected chi connectivity index (χ4v) is 5.68. The Labute approximate surface area is 179 Å². The molecule has 0 spiro atoms. The van der Waals surface area contributed by atoms with E-state index >= 15 is 0 Å². The van der Waals surface area contributed by atoms with Gasteiger partial charge in [-0.05, 0) is 75.8 Å². The van der Waals surface area contributed by atoms with Gasteiger partial charge in [-0.3, -0.25) is 0 Å². The molecule has 0 amide bonds. The summed E-state index contributed by atoms with van der Waals surface area (Å²) >= 11 is 0. The maximum Gasteiger partial charge on any atom is 0.0904 e. The molecule has 0 aliphatic heterocycles. The number of fused-ring (bicyclic) bond motifs is 1. The highest BCUT2D eigenvalue weighted by Crippen LogP contribution is 2.30. The van der Waals surface area contributed by atoms with Crippen LogP contribution in [0.5, 0.6) is 0 Å². The van der Waals surface area contributed by atoms with E-state index in [2.05, 4.69) is 88.0 Å². The Bertz CT molecular complexity index is 744. The molecule has 1 atom stereocenters. The third-order valence-corrected chi connectivity index (χ3v) is 7.64. The minimum absolute atomic E-state index is 0.582. The Kier molecular flexibility index (Phi) is 7.40. The molecule has 3 rings (SSSR count). The Hall–Kier alpha value is -1.80. The van der Waals surface area contributed by atoms with Crippen LogP contribution in [0.1, 0.15) is 57.2 Å². The Morgan fingerprint density at radius 2 is 1.52 bits per heavy atom. The molecule has 1 aliphatic carbocycles. The van der Waals surface area contributed by atoms with Crippen LogP contribution in [0.3, 0.4) is 0 Å². The fourth-order valence-electron chi connectivity index (χ4n) is 5.68. The van der Waals surface area contributed by atoms with Crippen LogP contribution in [-0.4, -0.2) is 42.7 Å². The van der Waals surface area contributed by atoms with E-state index in [4.69, 9.17) is 0 Å². The zero-order chi connectivity index (χ0) is 20.9. The van der Waals surface area contributed by atoms with E-state index < -0.39 is 0 Å². The van der Waals surface area contributed by atoms with Gasteiger partial charge in [0.1, 0.15) is 0 Å². The monoisotopic (exact) mass is 393 g/mol. The first-order chi connectivity index (χ1) is 14.1. The Morgan fingerprint density at radius 3 is 2.03 bits per heavy atom. The van der Waals surface area contributed by atoms with Gasteiger partial charge in [0, 0.05) is 24.7 Å². The fraction of sp³-hybridized carbons (Fsp3) is 0.556. The molecule has 0 saturated heterocycles. The molecule has 0 radical (unpaired) electrons. The number of hydrogen-bond acceptors (Lipinski definition) is 1. The lowest BCUT2D eigenvalue weighted by atomic mass is 10.0. The van der Waals surface area contributed by atoms with Crippen molar-refractivity contribution in [3.8, 4) is 0 Å². The third kappa shape index (κ3) is 4.69. The van der Waals surface area contributed by atoms with Gasteiger partial charge in [0.25, 0.3) is 0 Å². The topological polar surface area (TPSA) is 3.24 Å². The van der Waals surface area contributed by atoms with Gasteiger partial charge in [0.15, 0.2) is 0 Å². The molecule has 0 fully saturated rings. The minimum atomic E-state index is 0.582. The number of nitrogens with zero attached hydrogens (tertiary/aromatic N) is 2. The van der Waals surface area contributed by atoms with E-state index in [0.29, 0.717) is 6.04 Å². The molecule has 0 heterocycles. The van der Waals surface area contributed by atoms with Crippen molar-refractivity contribution >= 4 is 5.69 Å². The van der Waals surface area contributed by atoms with Crippen molar-refractivity contribution in [1.82, 2.24) is 0 Å². The smallest absolute Gasteiger partial charge is 0.0904 e. The van der Waals surface area contributed by atoms with Crippen molar-refractivity contribution in [2.24, 2.45) is 0 Å². The first-order valence-electron chi connectivity index (χ1n) is 11.8.